The van der Waals surface area contributed by atoms with Crippen molar-refractivity contribution in [2.24, 2.45) is 0 Å². The highest BCUT2D eigenvalue weighted by Crippen LogP contribution is 2.21. The summed E-state index contributed by atoms with van der Waals surface area (Å²) < 4.78 is 0. The van der Waals surface area contributed by atoms with E-state index in [0.29, 0.717) is 0 Å². The molecule has 4 heteroatoms. The molecule has 1 aromatic rings. The van der Waals surface area contributed by atoms with Crippen LogP contribution < -0.4 is 4.90 Å². The van der Waals surface area contributed by atoms with Gasteiger partial charge in [0.1, 0.15) is 6.07 Å². The van der Waals surface area contributed by atoms with Gasteiger partial charge in [0.2, 0.25) is 0 Å². The highest BCUT2D eigenvalue weighted by atomic mass is 16.2. The number of para-hydroxylation sites is 1. The fourth-order valence-corrected chi connectivity index (χ4v) is 2.73. The molecule has 0 amide bonds. The van der Waals surface area contributed by atoms with Crippen LogP contribution in [0.4, 0.5) is 5.69 Å². The van der Waals surface area contributed by atoms with E-state index in [2.05, 4.69) is 15.9 Å². The van der Waals surface area contributed by atoms with Crippen LogP contribution in [-0.4, -0.2) is 49.3 Å². The van der Waals surface area contributed by atoms with E-state index in [1.165, 1.54) is 0 Å². The zero-order valence-corrected chi connectivity index (χ0v) is 12.0. The summed E-state index contributed by atoms with van der Waals surface area (Å²) in [5, 5.41) is 18.0. The number of aliphatic hydroxyl groups is 1. The van der Waals surface area contributed by atoms with Gasteiger partial charge in [0.15, 0.2) is 0 Å². The monoisotopic (exact) mass is 273 g/mol. The smallest absolute Gasteiger partial charge is 0.101 e. The number of nitriles is 1. The Morgan fingerprint density at radius 3 is 2.75 bits per heavy atom. The Bertz CT molecular complexity index is 455. The van der Waals surface area contributed by atoms with E-state index < -0.39 is 0 Å². The molecule has 1 aromatic carbocycles. The van der Waals surface area contributed by atoms with Gasteiger partial charge in [-0.25, -0.2) is 0 Å². The van der Waals surface area contributed by atoms with Crippen molar-refractivity contribution in [2.45, 2.75) is 19.3 Å². The number of benzene rings is 1. The summed E-state index contributed by atoms with van der Waals surface area (Å²) in [4.78, 5) is 4.79. The molecular weight excluding hydrogens is 250 g/mol. The first-order chi connectivity index (χ1) is 9.85. The number of anilines is 1. The third kappa shape index (κ3) is 3.96. The number of aliphatic hydroxyl groups excluding tert-OH is 1. The van der Waals surface area contributed by atoms with Crippen LogP contribution in [0.25, 0.3) is 0 Å². The van der Waals surface area contributed by atoms with Crippen LogP contribution in [-0.2, 0) is 0 Å². The Kier molecular flexibility index (Phi) is 5.85. The predicted octanol–water partition coefficient (Wildman–Crippen LogP) is 1.84. The molecule has 4 nitrogen and oxygen atoms in total. The van der Waals surface area contributed by atoms with Crippen LogP contribution >= 0.6 is 0 Å². The molecule has 108 valence electrons. The fraction of sp³-hybridized carbons (Fsp3) is 0.562. The minimum Gasteiger partial charge on any atom is -0.396 e. The van der Waals surface area contributed by atoms with Gasteiger partial charge < -0.3 is 14.9 Å². The zero-order chi connectivity index (χ0) is 14.2. The topological polar surface area (TPSA) is 50.5 Å². The molecule has 0 atom stereocenters. The second kappa shape index (κ2) is 7.88. The minimum atomic E-state index is 0.287. The van der Waals surface area contributed by atoms with Crippen molar-refractivity contribution < 1.29 is 5.11 Å². The predicted molar refractivity (Wildman–Crippen MR) is 80.7 cm³/mol. The normalized spacial score (nSPS) is 16.7. The van der Waals surface area contributed by atoms with Crippen molar-refractivity contribution in [1.29, 1.82) is 5.26 Å². The van der Waals surface area contributed by atoms with Gasteiger partial charge in [-0.1, -0.05) is 12.1 Å². The van der Waals surface area contributed by atoms with E-state index in [0.717, 1.165) is 63.2 Å². The quantitative estimate of drug-likeness (QED) is 0.832. The van der Waals surface area contributed by atoms with Crippen LogP contribution in [0.3, 0.4) is 0 Å². The van der Waals surface area contributed by atoms with Crippen molar-refractivity contribution in [3.05, 3.63) is 29.8 Å². The Balaban J connectivity index is 1.94. The van der Waals surface area contributed by atoms with E-state index in [1.807, 2.05) is 24.3 Å². The third-order valence-electron chi connectivity index (χ3n) is 3.84. The number of unbranched alkanes of at least 4 members (excludes halogenated alkanes) is 1. The number of rotatable bonds is 5. The summed E-state index contributed by atoms with van der Waals surface area (Å²) in [6, 6.07) is 10.1. The molecule has 1 fully saturated rings. The van der Waals surface area contributed by atoms with Crippen LogP contribution in [0.1, 0.15) is 24.8 Å². The largest absolute Gasteiger partial charge is 0.396 e. The maximum Gasteiger partial charge on any atom is 0.101 e. The Morgan fingerprint density at radius 1 is 1.10 bits per heavy atom. The summed E-state index contributed by atoms with van der Waals surface area (Å²) in [7, 11) is 0. The Hall–Kier alpha value is -1.57. The van der Waals surface area contributed by atoms with Crippen LogP contribution in [0.5, 0.6) is 0 Å². The van der Waals surface area contributed by atoms with Crippen LogP contribution in [0, 0.1) is 11.3 Å². The molecule has 1 N–H and O–H groups in total. The number of hydrogen-bond acceptors (Lipinski definition) is 4. The summed E-state index contributed by atoms with van der Waals surface area (Å²) in [5.41, 5.74) is 1.83. The summed E-state index contributed by atoms with van der Waals surface area (Å²) in [5.74, 6) is 0. The van der Waals surface area contributed by atoms with E-state index in [9.17, 15) is 5.26 Å². The van der Waals surface area contributed by atoms with Gasteiger partial charge in [0.05, 0.1) is 11.3 Å². The number of hydrogen-bond donors (Lipinski definition) is 1. The van der Waals surface area contributed by atoms with Crippen molar-refractivity contribution >= 4 is 5.69 Å². The second-order valence-corrected chi connectivity index (χ2v) is 5.24. The molecular formula is C16H23N3O. The molecule has 1 aliphatic heterocycles. The Morgan fingerprint density at radius 2 is 1.95 bits per heavy atom. The molecule has 1 heterocycles. The SMILES string of the molecule is N#Cc1ccccc1N1CCCN(CCCCO)CC1. The van der Waals surface area contributed by atoms with E-state index >= 15 is 0 Å². The maximum absolute atomic E-state index is 9.20. The van der Waals surface area contributed by atoms with E-state index in [-0.39, 0.29) is 6.61 Å². The molecule has 0 unspecified atom stereocenters. The van der Waals surface area contributed by atoms with Crippen molar-refractivity contribution in [2.75, 3.05) is 44.2 Å². The molecule has 0 spiro atoms. The average Bonchev–Trinajstić information content (AvgIpc) is 2.73. The molecule has 20 heavy (non-hydrogen) atoms. The van der Waals surface area contributed by atoms with Crippen molar-refractivity contribution in [1.82, 2.24) is 4.90 Å². The van der Waals surface area contributed by atoms with Crippen LogP contribution in [0.15, 0.2) is 24.3 Å². The fourth-order valence-electron chi connectivity index (χ4n) is 2.73. The molecule has 0 aliphatic carbocycles. The molecule has 0 aromatic heterocycles. The van der Waals surface area contributed by atoms with E-state index in [4.69, 9.17) is 5.11 Å². The summed E-state index contributed by atoms with van der Waals surface area (Å²) in [6.45, 7) is 5.47. The van der Waals surface area contributed by atoms with Gasteiger partial charge in [-0.05, 0) is 44.5 Å². The van der Waals surface area contributed by atoms with Crippen LogP contribution in [0.2, 0.25) is 0 Å². The van der Waals surface area contributed by atoms with Gasteiger partial charge in [0.25, 0.3) is 0 Å². The molecule has 0 radical (unpaired) electrons. The molecule has 1 saturated heterocycles. The Labute approximate surface area is 121 Å². The third-order valence-corrected chi connectivity index (χ3v) is 3.84. The summed E-state index contributed by atoms with van der Waals surface area (Å²) >= 11 is 0. The van der Waals surface area contributed by atoms with Gasteiger partial charge in [-0.15, -0.1) is 0 Å². The lowest BCUT2D eigenvalue weighted by atomic mass is 10.1. The highest BCUT2D eigenvalue weighted by molar-refractivity contribution is 5.59. The molecule has 0 saturated carbocycles. The first-order valence-corrected chi connectivity index (χ1v) is 7.42. The van der Waals surface area contributed by atoms with Gasteiger partial charge in [-0.2, -0.15) is 5.26 Å². The zero-order valence-electron chi connectivity index (χ0n) is 12.0. The average molecular weight is 273 g/mol. The molecule has 0 bridgehead atoms. The second-order valence-electron chi connectivity index (χ2n) is 5.24. The first kappa shape index (κ1) is 14.8. The first-order valence-electron chi connectivity index (χ1n) is 7.42. The lowest BCUT2D eigenvalue weighted by Crippen LogP contribution is -2.31. The van der Waals surface area contributed by atoms with E-state index in [1.54, 1.807) is 0 Å². The van der Waals surface area contributed by atoms with Crippen molar-refractivity contribution in [3.8, 4) is 6.07 Å². The minimum absolute atomic E-state index is 0.287. The molecule has 1 aliphatic rings. The maximum atomic E-state index is 9.20. The standard InChI is InChI=1S/C16H23N3O/c17-14-15-6-1-2-7-16(15)19-10-5-9-18(11-12-19)8-3-4-13-20/h1-2,6-7,20H,3-5,8-13H2. The van der Waals surface area contributed by atoms with Gasteiger partial charge in [0, 0.05) is 26.2 Å². The number of nitrogens with zero attached hydrogens (tertiary/aromatic N) is 3. The molecule has 2 rings (SSSR count). The highest BCUT2D eigenvalue weighted by Gasteiger charge is 2.16. The van der Waals surface area contributed by atoms with Gasteiger partial charge >= 0.3 is 0 Å². The van der Waals surface area contributed by atoms with Crippen molar-refractivity contribution in [3.63, 3.8) is 0 Å². The lowest BCUT2D eigenvalue weighted by Gasteiger charge is -2.24. The van der Waals surface area contributed by atoms with Gasteiger partial charge in [-0.3, -0.25) is 0 Å². The lowest BCUT2D eigenvalue weighted by molar-refractivity contribution is 0.250. The summed E-state index contributed by atoms with van der Waals surface area (Å²) in [6.07, 6.45) is 3.07.